The molecule has 11 heavy (non-hydrogen) atoms. The van der Waals surface area contributed by atoms with Crippen molar-refractivity contribution in [3.8, 4) is 0 Å². The second kappa shape index (κ2) is 4.04. The monoisotopic (exact) mass is 217 g/mol. The molecule has 1 atom stereocenters. The summed E-state index contributed by atoms with van der Waals surface area (Å²) in [4.78, 5) is 0. The van der Waals surface area contributed by atoms with Crippen LogP contribution in [0.5, 0.6) is 0 Å². The quantitative estimate of drug-likeness (QED) is 0.733. The molecule has 1 unspecified atom stereocenters. The van der Waals surface area contributed by atoms with Crippen molar-refractivity contribution in [2.24, 2.45) is 5.73 Å². The van der Waals surface area contributed by atoms with Crippen molar-refractivity contribution in [2.45, 2.75) is 18.9 Å². The van der Waals surface area contributed by atoms with E-state index in [1.54, 1.807) is 0 Å². The standard InChI is InChI=1S/C8H12BrNO/c9-7-4-2-1-3-6(7)8(11)5-10/h3-4,8,11H,1-2,5,10H2. The Hall–Kier alpha value is -0.120. The van der Waals surface area contributed by atoms with Gasteiger partial charge in [0.2, 0.25) is 0 Å². The maximum Gasteiger partial charge on any atom is 0.0919 e. The van der Waals surface area contributed by atoms with Gasteiger partial charge in [0.1, 0.15) is 0 Å². The second-order valence-corrected chi connectivity index (χ2v) is 3.39. The average Bonchev–Trinajstić information content (AvgIpc) is 2.04. The molecule has 0 heterocycles. The predicted octanol–water partition coefficient (Wildman–Crippen LogP) is 1.30. The van der Waals surface area contributed by atoms with E-state index in [0.717, 1.165) is 22.9 Å². The van der Waals surface area contributed by atoms with Gasteiger partial charge in [-0.05, 0) is 18.4 Å². The van der Waals surface area contributed by atoms with Crippen molar-refractivity contribution in [3.63, 3.8) is 0 Å². The summed E-state index contributed by atoms with van der Waals surface area (Å²) in [6.07, 6.45) is 5.62. The van der Waals surface area contributed by atoms with E-state index >= 15 is 0 Å². The first-order valence-electron chi connectivity index (χ1n) is 3.70. The van der Waals surface area contributed by atoms with Gasteiger partial charge >= 0.3 is 0 Å². The fourth-order valence-corrected chi connectivity index (χ4v) is 1.74. The number of nitrogens with two attached hydrogens (primary N) is 1. The molecule has 1 aliphatic rings. The summed E-state index contributed by atoms with van der Waals surface area (Å²) in [6.45, 7) is 0.286. The Balaban J connectivity index is 2.70. The number of aliphatic hydroxyl groups is 1. The first-order valence-corrected chi connectivity index (χ1v) is 4.49. The Morgan fingerprint density at radius 2 is 2.18 bits per heavy atom. The van der Waals surface area contributed by atoms with Gasteiger partial charge in [0.05, 0.1) is 6.10 Å². The van der Waals surface area contributed by atoms with Gasteiger partial charge in [-0.3, -0.25) is 0 Å². The van der Waals surface area contributed by atoms with E-state index in [1.807, 2.05) is 6.08 Å². The van der Waals surface area contributed by atoms with Crippen LogP contribution < -0.4 is 5.73 Å². The van der Waals surface area contributed by atoms with Crippen LogP contribution in [0.1, 0.15) is 12.8 Å². The molecule has 0 bridgehead atoms. The summed E-state index contributed by atoms with van der Waals surface area (Å²) in [7, 11) is 0. The largest absolute Gasteiger partial charge is 0.387 e. The third kappa shape index (κ3) is 2.15. The zero-order valence-electron chi connectivity index (χ0n) is 6.26. The van der Waals surface area contributed by atoms with Crippen molar-refractivity contribution >= 4 is 15.9 Å². The van der Waals surface area contributed by atoms with Crippen molar-refractivity contribution in [1.82, 2.24) is 0 Å². The highest BCUT2D eigenvalue weighted by molar-refractivity contribution is 9.12. The minimum absolute atomic E-state index is 0.286. The smallest absolute Gasteiger partial charge is 0.0919 e. The van der Waals surface area contributed by atoms with Crippen LogP contribution in [-0.4, -0.2) is 17.8 Å². The lowest BCUT2D eigenvalue weighted by Gasteiger charge is -2.15. The van der Waals surface area contributed by atoms with E-state index in [4.69, 9.17) is 5.73 Å². The van der Waals surface area contributed by atoms with Gasteiger partial charge in [0, 0.05) is 11.0 Å². The van der Waals surface area contributed by atoms with Crippen LogP contribution in [0.15, 0.2) is 22.2 Å². The van der Waals surface area contributed by atoms with Crippen LogP contribution in [-0.2, 0) is 0 Å². The molecule has 0 fully saturated rings. The number of allylic oxidation sites excluding steroid dienone is 2. The lowest BCUT2D eigenvalue weighted by atomic mass is 10.0. The highest BCUT2D eigenvalue weighted by atomic mass is 79.9. The Kier molecular flexibility index (Phi) is 3.30. The predicted molar refractivity (Wildman–Crippen MR) is 49.4 cm³/mol. The summed E-state index contributed by atoms with van der Waals surface area (Å²) >= 11 is 3.37. The number of hydrogen-bond donors (Lipinski definition) is 2. The maximum absolute atomic E-state index is 9.39. The highest BCUT2D eigenvalue weighted by Crippen LogP contribution is 2.25. The highest BCUT2D eigenvalue weighted by Gasteiger charge is 2.13. The third-order valence-electron chi connectivity index (χ3n) is 1.71. The molecule has 0 radical (unpaired) electrons. The van der Waals surface area contributed by atoms with E-state index in [-0.39, 0.29) is 6.54 Å². The lowest BCUT2D eigenvalue weighted by molar-refractivity contribution is 0.221. The maximum atomic E-state index is 9.39. The molecule has 0 amide bonds. The molecule has 0 saturated carbocycles. The molecule has 0 aromatic rings. The molecule has 62 valence electrons. The van der Waals surface area contributed by atoms with Crippen molar-refractivity contribution in [2.75, 3.05) is 6.54 Å². The number of rotatable bonds is 2. The molecule has 2 nitrogen and oxygen atoms in total. The zero-order valence-corrected chi connectivity index (χ0v) is 7.84. The van der Waals surface area contributed by atoms with E-state index < -0.39 is 6.10 Å². The van der Waals surface area contributed by atoms with Crippen LogP contribution in [0.25, 0.3) is 0 Å². The lowest BCUT2D eigenvalue weighted by Crippen LogP contribution is -2.22. The Bertz CT molecular complexity index is 198. The Morgan fingerprint density at radius 3 is 2.73 bits per heavy atom. The molecule has 0 aliphatic heterocycles. The van der Waals surface area contributed by atoms with Crippen molar-refractivity contribution < 1.29 is 5.11 Å². The zero-order chi connectivity index (χ0) is 8.27. The SMILES string of the molecule is NCC(O)C1=CCCC=C1Br. The molecule has 1 rings (SSSR count). The minimum Gasteiger partial charge on any atom is -0.387 e. The van der Waals surface area contributed by atoms with Crippen LogP contribution >= 0.6 is 15.9 Å². The minimum atomic E-state index is -0.513. The van der Waals surface area contributed by atoms with Crippen molar-refractivity contribution in [3.05, 3.63) is 22.2 Å². The van der Waals surface area contributed by atoms with E-state index in [2.05, 4.69) is 22.0 Å². The summed E-state index contributed by atoms with van der Waals surface area (Å²) in [5, 5.41) is 9.39. The molecular formula is C8H12BrNO. The number of hydrogen-bond acceptors (Lipinski definition) is 2. The molecule has 0 aromatic carbocycles. The van der Waals surface area contributed by atoms with Crippen LogP contribution in [0, 0.1) is 0 Å². The molecule has 0 aromatic heterocycles. The Morgan fingerprint density at radius 1 is 1.55 bits per heavy atom. The fourth-order valence-electron chi connectivity index (χ4n) is 1.09. The van der Waals surface area contributed by atoms with Gasteiger partial charge in [-0.15, -0.1) is 0 Å². The third-order valence-corrected chi connectivity index (χ3v) is 2.49. The van der Waals surface area contributed by atoms with E-state index in [9.17, 15) is 5.11 Å². The summed E-state index contributed by atoms with van der Waals surface area (Å²) < 4.78 is 0.988. The van der Waals surface area contributed by atoms with Gasteiger partial charge in [-0.1, -0.05) is 28.1 Å². The van der Waals surface area contributed by atoms with Gasteiger partial charge in [0.15, 0.2) is 0 Å². The summed E-state index contributed by atoms with van der Waals surface area (Å²) in [5.41, 5.74) is 6.26. The first-order chi connectivity index (χ1) is 5.25. The molecule has 3 N–H and O–H groups in total. The fraction of sp³-hybridized carbons (Fsp3) is 0.500. The van der Waals surface area contributed by atoms with Gasteiger partial charge in [-0.25, -0.2) is 0 Å². The summed E-state index contributed by atoms with van der Waals surface area (Å²) in [6, 6.07) is 0. The molecule has 0 saturated heterocycles. The molecule has 1 aliphatic carbocycles. The average molecular weight is 218 g/mol. The Labute approximate surface area is 74.9 Å². The van der Waals surface area contributed by atoms with Gasteiger partial charge in [-0.2, -0.15) is 0 Å². The molecular weight excluding hydrogens is 206 g/mol. The van der Waals surface area contributed by atoms with E-state index in [0.29, 0.717) is 0 Å². The van der Waals surface area contributed by atoms with Crippen molar-refractivity contribution in [1.29, 1.82) is 0 Å². The van der Waals surface area contributed by atoms with Crippen LogP contribution in [0.4, 0.5) is 0 Å². The van der Waals surface area contributed by atoms with Crippen LogP contribution in [0.3, 0.4) is 0 Å². The first kappa shape index (κ1) is 8.97. The van der Waals surface area contributed by atoms with Crippen LogP contribution in [0.2, 0.25) is 0 Å². The molecule has 3 heteroatoms. The number of aliphatic hydroxyl groups excluding tert-OH is 1. The van der Waals surface area contributed by atoms with E-state index in [1.165, 1.54) is 0 Å². The van der Waals surface area contributed by atoms with Gasteiger partial charge in [0.25, 0.3) is 0 Å². The topological polar surface area (TPSA) is 46.2 Å². The van der Waals surface area contributed by atoms with Gasteiger partial charge < -0.3 is 10.8 Å². The normalized spacial score (nSPS) is 20.6. The summed E-state index contributed by atoms with van der Waals surface area (Å²) in [5.74, 6) is 0. The number of halogens is 1. The molecule has 0 spiro atoms. The second-order valence-electron chi connectivity index (χ2n) is 2.54.